The molecule has 0 bridgehead atoms. The van der Waals surface area contributed by atoms with Gasteiger partial charge in [-0.3, -0.25) is 19.4 Å². The number of phenolic OH excluding ortho intramolecular Hbond substituents is 1. The van der Waals surface area contributed by atoms with Crippen LogP contribution in [0.15, 0.2) is 23.0 Å². The third-order valence-electron chi connectivity index (χ3n) is 5.02. The fourth-order valence-corrected chi connectivity index (χ4v) is 4.03. The first-order valence-electron chi connectivity index (χ1n) is 8.17. The van der Waals surface area contributed by atoms with Crippen LogP contribution in [0.5, 0.6) is 5.75 Å². The van der Waals surface area contributed by atoms with Gasteiger partial charge in [0.05, 0.1) is 16.6 Å². The highest BCUT2D eigenvalue weighted by Gasteiger charge is 2.34. The number of phenols is 1. The number of nitrogens with zero attached hydrogens (tertiary/aromatic N) is 1. The molecule has 3 N–H and O–H groups in total. The van der Waals surface area contributed by atoms with Gasteiger partial charge in [-0.05, 0) is 30.5 Å². The van der Waals surface area contributed by atoms with Gasteiger partial charge in [-0.15, -0.1) is 0 Å². The molecule has 1 saturated carbocycles. The molecule has 1 fully saturated rings. The zero-order valence-electron chi connectivity index (χ0n) is 13.0. The van der Waals surface area contributed by atoms with Crippen molar-refractivity contribution in [3.05, 3.63) is 44.7 Å². The first-order valence-corrected chi connectivity index (χ1v) is 8.55. The molecule has 7 heteroatoms. The lowest BCUT2D eigenvalue weighted by atomic mass is 9.87. The predicted octanol–water partition coefficient (Wildman–Crippen LogP) is 3.12. The van der Waals surface area contributed by atoms with Gasteiger partial charge in [-0.25, -0.2) is 0 Å². The molecule has 0 saturated heterocycles. The number of carbonyl (C=O) groups is 1. The summed E-state index contributed by atoms with van der Waals surface area (Å²) in [5.74, 6) is 0.0800. The van der Waals surface area contributed by atoms with Gasteiger partial charge >= 0.3 is 0 Å². The van der Waals surface area contributed by atoms with Crippen molar-refractivity contribution in [2.45, 2.75) is 44.1 Å². The number of hydrogen-bond donors (Lipinski definition) is 3. The Balaban J connectivity index is 1.83. The normalized spacial score (nSPS) is 20.9. The molecule has 1 amide bonds. The number of amides is 1. The number of benzene rings is 1. The number of fused-ring (bicyclic) bond motifs is 1. The minimum absolute atomic E-state index is 0.0154. The van der Waals surface area contributed by atoms with Crippen LogP contribution in [0.2, 0.25) is 5.02 Å². The van der Waals surface area contributed by atoms with Crippen molar-refractivity contribution in [1.29, 1.82) is 0 Å². The zero-order valence-corrected chi connectivity index (χ0v) is 13.8. The van der Waals surface area contributed by atoms with E-state index in [1.807, 2.05) is 4.68 Å². The van der Waals surface area contributed by atoms with Crippen LogP contribution in [0.3, 0.4) is 0 Å². The molecule has 0 unspecified atom stereocenters. The van der Waals surface area contributed by atoms with Crippen LogP contribution < -0.4 is 10.9 Å². The summed E-state index contributed by atoms with van der Waals surface area (Å²) in [6.07, 6.45) is 4.45. The summed E-state index contributed by atoms with van der Waals surface area (Å²) >= 11 is 6.00. The van der Waals surface area contributed by atoms with Crippen molar-refractivity contribution in [1.82, 2.24) is 9.78 Å². The summed E-state index contributed by atoms with van der Waals surface area (Å²) < 4.78 is 1.83. The van der Waals surface area contributed by atoms with Crippen molar-refractivity contribution >= 4 is 23.3 Å². The zero-order chi connectivity index (χ0) is 16.8. The molecule has 2 aliphatic rings. The molecule has 4 rings (SSSR count). The fourth-order valence-electron chi connectivity index (χ4n) is 3.84. The lowest BCUT2D eigenvalue weighted by molar-refractivity contribution is -0.116. The number of halogens is 1. The molecule has 0 radical (unpaired) electrons. The molecule has 1 aromatic carbocycles. The number of nitrogens with one attached hydrogen (secondary N) is 2. The van der Waals surface area contributed by atoms with Crippen LogP contribution in [0.1, 0.15) is 55.2 Å². The van der Waals surface area contributed by atoms with Gasteiger partial charge in [0.2, 0.25) is 5.91 Å². The minimum atomic E-state index is -0.363. The monoisotopic (exact) mass is 347 g/mol. The van der Waals surface area contributed by atoms with Gasteiger partial charge in [0, 0.05) is 12.3 Å². The van der Waals surface area contributed by atoms with Crippen molar-refractivity contribution in [3.63, 3.8) is 0 Å². The fraction of sp³-hybridized carbons (Fsp3) is 0.412. The third kappa shape index (κ3) is 2.41. The quantitative estimate of drug-likeness (QED) is 0.780. The van der Waals surface area contributed by atoms with Crippen LogP contribution in [0.4, 0.5) is 5.82 Å². The highest BCUT2D eigenvalue weighted by Crippen LogP contribution is 2.40. The van der Waals surface area contributed by atoms with Crippen LogP contribution >= 0.6 is 11.6 Å². The minimum Gasteiger partial charge on any atom is -0.506 e. The SMILES string of the molecule is O=C1C[C@H](c2ccc(O)c(Cl)c2)c2c(n(C3CCCC3)[nH]c2=O)N1. The number of rotatable bonds is 2. The van der Waals surface area contributed by atoms with E-state index in [1.54, 1.807) is 12.1 Å². The van der Waals surface area contributed by atoms with E-state index in [2.05, 4.69) is 10.4 Å². The number of anilines is 1. The van der Waals surface area contributed by atoms with Gasteiger partial charge in [-0.1, -0.05) is 30.5 Å². The highest BCUT2D eigenvalue weighted by atomic mass is 35.5. The summed E-state index contributed by atoms with van der Waals surface area (Å²) in [4.78, 5) is 24.8. The predicted molar refractivity (Wildman–Crippen MR) is 90.8 cm³/mol. The summed E-state index contributed by atoms with van der Waals surface area (Å²) in [6, 6.07) is 5.05. The Labute approximate surface area is 143 Å². The van der Waals surface area contributed by atoms with Crippen molar-refractivity contribution < 1.29 is 9.90 Å². The lowest BCUT2D eigenvalue weighted by Gasteiger charge is -2.25. The summed E-state index contributed by atoms with van der Waals surface area (Å²) in [5, 5.41) is 15.6. The number of carbonyl (C=O) groups excluding carboxylic acids is 1. The summed E-state index contributed by atoms with van der Waals surface area (Å²) in [7, 11) is 0. The molecule has 1 aromatic heterocycles. The number of hydrogen-bond acceptors (Lipinski definition) is 3. The molecule has 6 nitrogen and oxygen atoms in total. The molecular formula is C17H18ClN3O3. The second-order valence-electron chi connectivity index (χ2n) is 6.53. The molecule has 1 aliphatic carbocycles. The average Bonchev–Trinajstić information content (AvgIpc) is 3.17. The van der Waals surface area contributed by atoms with Crippen molar-refractivity contribution in [3.8, 4) is 5.75 Å². The van der Waals surface area contributed by atoms with Crippen LogP contribution in [0, 0.1) is 0 Å². The third-order valence-corrected chi connectivity index (χ3v) is 5.33. The van der Waals surface area contributed by atoms with E-state index in [1.165, 1.54) is 6.07 Å². The average molecular weight is 348 g/mol. The Hall–Kier alpha value is -2.21. The van der Waals surface area contributed by atoms with Crippen LogP contribution in [-0.4, -0.2) is 20.8 Å². The van der Waals surface area contributed by atoms with Gasteiger partial charge < -0.3 is 10.4 Å². The van der Waals surface area contributed by atoms with E-state index in [-0.39, 0.29) is 40.6 Å². The smallest absolute Gasteiger partial charge is 0.270 e. The summed E-state index contributed by atoms with van der Waals surface area (Å²) in [5.41, 5.74) is 1.15. The maximum absolute atomic E-state index is 12.6. The van der Waals surface area contributed by atoms with E-state index >= 15 is 0 Å². The van der Waals surface area contributed by atoms with Gasteiger partial charge in [0.15, 0.2) is 0 Å². The van der Waals surface area contributed by atoms with Gasteiger partial charge in [-0.2, -0.15) is 0 Å². The molecule has 1 atom stereocenters. The van der Waals surface area contributed by atoms with E-state index in [0.29, 0.717) is 11.4 Å². The van der Waals surface area contributed by atoms with E-state index < -0.39 is 0 Å². The van der Waals surface area contributed by atoms with Crippen molar-refractivity contribution in [2.24, 2.45) is 0 Å². The second kappa shape index (κ2) is 5.70. The second-order valence-corrected chi connectivity index (χ2v) is 6.93. The Morgan fingerprint density at radius 3 is 2.67 bits per heavy atom. The van der Waals surface area contributed by atoms with Crippen molar-refractivity contribution in [2.75, 3.05) is 5.32 Å². The molecule has 126 valence electrons. The Kier molecular flexibility index (Phi) is 3.64. The number of aromatic nitrogens is 2. The molecule has 1 aliphatic heterocycles. The van der Waals surface area contributed by atoms with Gasteiger partial charge in [0.25, 0.3) is 5.56 Å². The lowest BCUT2D eigenvalue weighted by Crippen LogP contribution is -2.27. The highest BCUT2D eigenvalue weighted by molar-refractivity contribution is 6.32. The molecule has 2 heterocycles. The number of aromatic hydroxyl groups is 1. The molecule has 24 heavy (non-hydrogen) atoms. The molecule has 0 spiro atoms. The standard InChI is InChI=1S/C17H18ClN3O3/c18-12-7-9(5-6-13(12)22)11-8-14(23)19-16-15(11)17(24)20-21(16)10-3-1-2-4-10/h5-7,10-11,22H,1-4,8H2,(H,19,23)(H,20,24)/t11-/m1/s1. The van der Waals surface area contributed by atoms with E-state index in [9.17, 15) is 14.7 Å². The topological polar surface area (TPSA) is 87.1 Å². The Morgan fingerprint density at radius 1 is 1.21 bits per heavy atom. The molecule has 2 aromatic rings. The van der Waals surface area contributed by atoms with Gasteiger partial charge in [0.1, 0.15) is 11.6 Å². The first-order chi connectivity index (χ1) is 11.5. The largest absolute Gasteiger partial charge is 0.506 e. The van der Waals surface area contributed by atoms with Crippen LogP contribution in [0.25, 0.3) is 0 Å². The summed E-state index contributed by atoms with van der Waals surface area (Å²) in [6.45, 7) is 0. The van der Waals surface area contributed by atoms with E-state index in [4.69, 9.17) is 11.6 Å². The van der Waals surface area contributed by atoms with Crippen LogP contribution in [-0.2, 0) is 4.79 Å². The Morgan fingerprint density at radius 2 is 1.96 bits per heavy atom. The molecular weight excluding hydrogens is 330 g/mol. The number of H-pyrrole nitrogens is 1. The Bertz CT molecular complexity index is 864. The van der Waals surface area contributed by atoms with E-state index in [0.717, 1.165) is 31.2 Å². The number of aromatic amines is 1. The maximum Gasteiger partial charge on any atom is 0.270 e. The maximum atomic E-state index is 12.6. The first kappa shape index (κ1) is 15.3.